The van der Waals surface area contributed by atoms with E-state index in [1.165, 1.54) is 0 Å². The topological polar surface area (TPSA) is 86.6 Å². The van der Waals surface area contributed by atoms with E-state index in [0.29, 0.717) is 0 Å². The molecule has 4 aromatic rings. The second-order valence-corrected chi connectivity index (χ2v) is 17.7. The van der Waals surface area contributed by atoms with Crippen LogP contribution in [0.25, 0.3) is 6.08 Å². The lowest BCUT2D eigenvalue weighted by Crippen LogP contribution is -2.73. The third-order valence-electron chi connectivity index (χ3n) is 9.49. The smallest absolute Gasteiger partial charge is 0.261 e. The number of rotatable bonds is 7. The lowest BCUT2D eigenvalue weighted by Gasteiger charge is -2.53. The monoisotopic (exact) mass is 650 g/mol. The van der Waals surface area contributed by atoms with E-state index in [1.54, 1.807) is 0 Å². The van der Waals surface area contributed by atoms with Crippen molar-refractivity contribution in [1.29, 1.82) is 0 Å². The summed E-state index contributed by atoms with van der Waals surface area (Å²) in [4.78, 5) is 0. The van der Waals surface area contributed by atoms with E-state index in [4.69, 9.17) is 23.4 Å². The van der Waals surface area contributed by atoms with Crippen LogP contribution in [0.1, 0.15) is 49.9 Å². The van der Waals surface area contributed by atoms with Gasteiger partial charge >= 0.3 is 0 Å². The number of aliphatic hydroxyl groups excluding tert-OH is 2. The molecule has 1 unspecified atom stereocenters. The Bertz CT molecular complexity index is 1620. The average Bonchev–Trinajstić information content (AvgIpc) is 3.10. The number of ether oxygens (including phenoxy) is 4. The van der Waals surface area contributed by atoms with Crippen molar-refractivity contribution in [3.8, 4) is 0 Å². The Labute approximate surface area is 277 Å². The summed E-state index contributed by atoms with van der Waals surface area (Å²) in [6.07, 6.45) is -3.06. The molecule has 3 aliphatic rings. The van der Waals surface area contributed by atoms with E-state index in [1.807, 2.05) is 103 Å². The Balaban J connectivity index is 1.29. The van der Waals surface area contributed by atoms with E-state index in [9.17, 15) is 10.2 Å². The van der Waals surface area contributed by atoms with Crippen molar-refractivity contribution in [3.05, 3.63) is 138 Å². The van der Waals surface area contributed by atoms with Gasteiger partial charge in [-0.25, -0.2) is 0 Å². The molecule has 0 saturated carbocycles. The molecule has 2 N–H and O–H groups in total. The highest BCUT2D eigenvalue weighted by molar-refractivity contribution is 6.99. The second-order valence-electron chi connectivity index (χ2n) is 13.5. The zero-order chi connectivity index (χ0) is 32.6. The number of aliphatic hydroxyl groups is 2. The van der Waals surface area contributed by atoms with Crippen LogP contribution in [0.2, 0.25) is 5.04 Å². The van der Waals surface area contributed by atoms with Gasteiger partial charge in [0.05, 0.1) is 6.61 Å². The van der Waals surface area contributed by atoms with Crippen LogP contribution in [-0.4, -0.2) is 61.9 Å². The minimum absolute atomic E-state index is 0.212. The van der Waals surface area contributed by atoms with Crippen molar-refractivity contribution >= 4 is 24.8 Å². The molecule has 8 heteroatoms. The van der Waals surface area contributed by atoms with Crippen molar-refractivity contribution in [1.82, 2.24) is 0 Å². The fourth-order valence-corrected chi connectivity index (χ4v) is 11.9. The third kappa shape index (κ3) is 6.05. The largest absolute Gasteiger partial charge is 0.399 e. The minimum Gasteiger partial charge on any atom is -0.399 e. The molecule has 7 rings (SSSR count). The van der Waals surface area contributed by atoms with Gasteiger partial charge < -0.3 is 33.6 Å². The molecular formula is C39H42O7Si. The van der Waals surface area contributed by atoms with Crippen molar-refractivity contribution < 1.29 is 33.6 Å². The summed E-state index contributed by atoms with van der Waals surface area (Å²) in [5.41, 5.74) is 2.56. The molecule has 2 saturated heterocycles. The van der Waals surface area contributed by atoms with Crippen LogP contribution in [0.5, 0.6) is 0 Å². The van der Waals surface area contributed by atoms with Crippen molar-refractivity contribution in [2.75, 3.05) is 6.61 Å². The van der Waals surface area contributed by atoms with Crippen LogP contribution in [-0.2, 0) is 23.4 Å². The van der Waals surface area contributed by atoms with E-state index in [-0.39, 0.29) is 11.6 Å². The normalized spacial score (nSPS) is 29.1. The molecule has 2 aliphatic heterocycles. The van der Waals surface area contributed by atoms with Crippen LogP contribution >= 0.6 is 0 Å². The van der Waals surface area contributed by atoms with Crippen LogP contribution < -0.4 is 10.4 Å². The maximum atomic E-state index is 12.3. The van der Waals surface area contributed by atoms with Gasteiger partial charge in [0.2, 0.25) is 0 Å². The predicted octanol–water partition coefficient (Wildman–Crippen LogP) is 5.28. The van der Waals surface area contributed by atoms with Gasteiger partial charge in [-0.15, -0.1) is 0 Å². The summed E-state index contributed by atoms with van der Waals surface area (Å²) in [5, 5.41) is 25.4. The first kappa shape index (κ1) is 32.1. The lowest BCUT2D eigenvalue weighted by molar-refractivity contribution is -0.364. The molecule has 244 valence electrons. The van der Waals surface area contributed by atoms with Gasteiger partial charge in [0, 0.05) is 5.56 Å². The molecule has 0 aromatic heterocycles. The predicted molar refractivity (Wildman–Crippen MR) is 182 cm³/mol. The Hall–Kier alpha value is -3.44. The summed E-state index contributed by atoms with van der Waals surface area (Å²) in [5.74, 6) is 0. The van der Waals surface area contributed by atoms with Crippen molar-refractivity contribution in [3.63, 3.8) is 0 Å². The summed E-state index contributed by atoms with van der Waals surface area (Å²) in [7, 11) is -3.15. The minimum atomic E-state index is -3.15. The van der Waals surface area contributed by atoms with E-state index < -0.39 is 57.5 Å². The van der Waals surface area contributed by atoms with Crippen molar-refractivity contribution in [2.24, 2.45) is 0 Å². The summed E-state index contributed by atoms with van der Waals surface area (Å²) < 4.78 is 33.3. The zero-order valence-electron chi connectivity index (χ0n) is 26.9. The zero-order valence-corrected chi connectivity index (χ0v) is 27.9. The first-order valence-electron chi connectivity index (χ1n) is 16.3. The maximum absolute atomic E-state index is 12.3. The molecule has 4 aromatic carbocycles. The van der Waals surface area contributed by atoms with Gasteiger partial charge in [0.25, 0.3) is 8.32 Å². The Morgan fingerprint density at radius 1 is 0.745 bits per heavy atom. The summed E-state index contributed by atoms with van der Waals surface area (Å²) in [6, 6.07) is 38.1. The molecule has 0 bridgehead atoms. The Kier molecular flexibility index (Phi) is 9.04. The molecule has 7 nitrogen and oxygen atoms in total. The van der Waals surface area contributed by atoms with Crippen LogP contribution in [0.3, 0.4) is 0 Å². The molecule has 0 radical (unpaired) electrons. The highest BCUT2D eigenvalue weighted by Gasteiger charge is 2.58. The molecule has 47 heavy (non-hydrogen) atoms. The van der Waals surface area contributed by atoms with Gasteiger partial charge in [-0.2, -0.15) is 0 Å². The van der Waals surface area contributed by atoms with Gasteiger partial charge in [0.1, 0.15) is 36.6 Å². The van der Waals surface area contributed by atoms with Crippen LogP contribution in [0.15, 0.2) is 121 Å². The highest BCUT2D eigenvalue weighted by Crippen LogP contribution is 2.43. The molecule has 2 fully saturated rings. The fourth-order valence-electron chi connectivity index (χ4n) is 7.17. The van der Waals surface area contributed by atoms with Gasteiger partial charge in [-0.3, -0.25) is 0 Å². The first-order chi connectivity index (χ1) is 22.8. The number of hydrogen-bond donors (Lipinski definition) is 2. The molecule has 0 spiro atoms. The van der Waals surface area contributed by atoms with Crippen molar-refractivity contribution in [2.45, 2.75) is 75.0 Å². The molecule has 1 aliphatic carbocycles. The average molecular weight is 651 g/mol. The van der Waals surface area contributed by atoms with E-state index >= 15 is 0 Å². The Morgan fingerprint density at radius 2 is 1.34 bits per heavy atom. The van der Waals surface area contributed by atoms with Gasteiger partial charge in [0.15, 0.2) is 12.6 Å². The number of fused-ring (bicyclic) bond motifs is 2. The summed E-state index contributed by atoms with van der Waals surface area (Å²) in [6.45, 7) is 6.82. The fraction of sp³-hybridized carbons (Fsp3) is 0.333. The molecule has 0 amide bonds. The first-order valence-corrected chi connectivity index (χ1v) is 18.2. The number of hydrogen-bond acceptors (Lipinski definition) is 7. The quantitative estimate of drug-likeness (QED) is 0.264. The molecule has 8 atom stereocenters. The van der Waals surface area contributed by atoms with Gasteiger partial charge in [-0.05, 0) is 26.5 Å². The standard InChI is InChI=1S/C39H42O7Si/c1-39(2,3)47(28-18-9-5-10-19-28,29-20-11-6-12-21-29)46-36-34(41)38(43-31-24-23-26-15-13-14-22-30(26)33(31)40)44-32-25-42-37(45-35(32)36)27-16-7-4-8-17-27/h4-24,31-38,40-41H,25H2,1-3H3/t31-,32+,33-,34+,35+,36+,37?,38-/m0/s1. The van der Waals surface area contributed by atoms with E-state index in [0.717, 1.165) is 27.1 Å². The maximum Gasteiger partial charge on any atom is 0.261 e. The Morgan fingerprint density at radius 3 is 1.98 bits per heavy atom. The second kappa shape index (κ2) is 13.2. The highest BCUT2D eigenvalue weighted by atomic mass is 28.4. The van der Waals surface area contributed by atoms with E-state index in [2.05, 4.69) is 45.0 Å². The van der Waals surface area contributed by atoms with Gasteiger partial charge in [-0.1, -0.05) is 148 Å². The summed E-state index contributed by atoms with van der Waals surface area (Å²) >= 11 is 0. The third-order valence-corrected chi connectivity index (χ3v) is 14.5. The molecule has 2 heterocycles. The molecular weight excluding hydrogens is 609 g/mol. The lowest BCUT2D eigenvalue weighted by atomic mass is 9.92. The van der Waals surface area contributed by atoms with Crippen LogP contribution in [0.4, 0.5) is 0 Å². The SMILES string of the molecule is CC(C)(C)[Si](O[C@@H]1[C@@H](O)[C@@H](O[C@H]2C=Cc3ccccc3[C@@H]2O)O[C@@H]2COC(c3ccccc3)O[C@@H]12)(c1ccccc1)c1ccccc1. The van der Waals surface area contributed by atoms with Crippen LogP contribution in [0, 0.1) is 0 Å². The number of benzene rings is 4.